The van der Waals surface area contributed by atoms with Crippen LogP contribution in [0.15, 0.2) is 64.5 Å². The van der Waals surface area contributed by atoms with Gasteiger partial charge in [-0.05, 0) is 66.2 Å². The average molecular weight is 336 g/mol. The van der Waals surface area contributed by atoms with Gasteiger partial charge in [-0.25, -0.2) is 4.39 Å². The van der Waals surface area contributed by atoms with Gasteiger partial charge in [-0.1, -0.05) is 35.9 Å². The number of carbonyl (C=O) groups excluding carboxylic acids is 1. The van der Waals surface area contributed by atoms with Gasteiger partial charge in [0, 0.05) is 5.92 Å². The zero-order chi connectivity index (χ0) is 17.4. The second-order valence-electron chi connectivity index (χ2n) is 6.73. The lowest BCUT2D eigenvalue weighted by atomic mass is 9.83. The number of hydrogen-bond acceptors (Lipinski definition) is 2. The molecule has 1 aromatic rings. The second kappa shape index (κ2) is 6.47. The molecule has 0 saturated heterocycles. The molecule has 3 aliphatic carbocycles. The molecule has 25 heavy (non-hydrogen) atoms. The van der Waals surface area contributed by atoms with Crippen LogP contribution in [0.5, 0.6) is 0 Å². The van der Waals surface area contributed by atoms with Gasteiger partial charge in [-0.15, -0.1) is 0 Å². The van der Waals surface area contributed by atoms with Gasteiger partial charge in [0.2, 0.25) is 0 Å². The minimum absolute atomic E-state index is 0.121. The highest BCUT2D eigenvalue weighted by atomic mass is 19.1. The molecule has 1 atom stereocenters. The first-order valence-electron chi connectivity index (χ1n) is 8.91. The third kappa shape index (κ3) is 2.88. The van der Waals surface area contributed by atoms with Gasteiger partial charge >= 0.3 is 5.97 Å². The van der Waals surface area contributed by atoms with E-state index in [0.29, 0.717) is 19.4 Å². The van der Waals surface area contributed by atoms with E-state index in [0.717, 1.165) is 24.0 Å². The molecule has 0 fully saturated rings. The van der Waals surface area contributed by atoms with Crippen molar-refractivity contribution in [3.05, 3.63) is 75.7 Å². The van der Waals surface area contributed by atoms with Crippen LogP contribution in [0.3, 0.4) is 0 Å². The highest BCUT2D eigenvalue weighted by molar-refractivity contribution is 5.80. The van der Waals surface area contributed by atoms with Gasteiger partial charge < -0.3 is 4.74 Å². The van der Waals surface area contributed by atoms with E-state index >= 15 is 0 Å². The van der Waals surface area contributed by atoms with Crippen molar-refractivity contribution in [3.63, 3.8) is 0 Å². The quantitative estimate of drug-likeness (QED) is 0.689. The van der Waals surface area contributed by atoms with Crippen molar-refractivity contribution < 1.29 is 13.9 Å². The molecule has 0 spiro atoms. The predicted molar refractivity (Wildman–Crippen MR) is 96.6 cm³/mol. The molecule has 0 saturated carbocycles. The van der Waals surface area contributed by atoms with Crippen LogP contribution >= 0.6 is 0 Å². The van der Waals surface area contributed by atoms with Gasteiger partial charge in [0.05, 0.1) is 13.0 Å². The molecule has 0 radical (unpaired) electrons. The Bertz CT molecular complexity index is 855. The van der Waals surface area contributed by atoms with Gasteiger partial charge in [-0.2, -0.15) is 0 Å². The third-order valence-corrected chi connectivity index (χ3v) is 5.27. The summed E-state index contributed by atoms with van der Waals surface area (Å²) in [5.74, 6) is -0.189. The van der Waals surface area contributed by atoms with Crippen LogP contribution in [-0.2, 0) is 9.53 Å². The summed E-state index contributed by atoms with van der Waals surface area (Å²) in [6.45, 7) is 2.23. The number of allylic oxidation sites excluding steroid dienone is 6. The first kappa shape index (κ1) is 16.1. The van der Waals surface area contributed by atoms with E-state index in [9.17, 15) is 9.18 Å². The van der Waals surface area contributed by atoms with Gasteiger partial charge in [0.25, 0.3) is 0 Å². The first-order chi connectivity index (χ1) is 12.2. The maximum Gasteiger partial charge on any atom is 0.309 e. The van der Waals surface area contributed by atoms with Crippen LogP contribution in [0.1, 0.15) is 49.7 Å². The van der Waals surface area contributed by atoms with E-state index in [1.807, 2.05) is 19.1 Å². The monoisotopic (exact) mass is 336 g/mol. The van der Waals surface area contributed by atoms with Crippen molar-refractivity contribution >= 4 is 12.0 Å². The molecular formula is C22H21FO2. The van der Waals surface area contributed by atoms with Crippen LogP contribution < -0.4 is 0 Å². The molecular weight excluding hydrogens is 315 g/mol. The molecule has 0 N–H and O–H groups in total. The fourth-order valence-corrected chi connectivity index (χ4v) is 4.27. The Morgan fingerprint density at radius 1 is 1.24 bits per heavy atom. The summed E-state index contributed by atoms with van der Waals surface area (Å²) in [6.07, 6.45) is 8.23. The second-order valence-corrected chi connectivity index (χ2v) is 6.73. The summed E-state index contributed by atoms with van der Waals surface area (Å²) in [5.41, 5.74) is 7.25. The van der Waals surface area contributed by atoms with Crippen molar-refractivity contribution in [2.75, 3.05) is 6.61 Å². The predicted octanol–water partition coefficient (Wildman–Crippen LogP) is 5.39. The summed E-state index contributed by atoms with van der Waals surface area (Å²) in [5, 5.41) is 0. The fourth-order valence-electron chi connectivity index (χ4n) is 4.27. The Hall–Kier alpha value is -2.42. The standard InChI is InChI=1S/C22H21FO2/c1-2-25-21(24)13-16-11-14-5-3-4-6-19(14)22(16)20-9-7-15-12-17(23)8-10-18(15)20/h3-6,8,11-12,22H,2,7,9-10,13H2,1H3. The highest BCUT2D eigenvalue weighted by Crippen LogP contribution is 2.50. The third-order valence-electron chi connectivity index (χ3n) is 5.27. The van der Waals surface area contributed by atoms with E-state index in [4.69, 9.17) is 4.74 Å². The zero-order valence-corrected chi connectivity index (χ0v) is 14.3. The number of benzene rings is 1. The molecule has 1 unspecified atom stereocenters. The number of ether oxygens (including phenoxy) is 1. The highest BCUT2D eigenvalue weighted by Gasteiger charge is 2.34. The van der Waals surface area contributed by atoms with E-state index in [1.54, 1.807) is 12.2 Å². The Morgan fingerprint density at radius 3 is 2.92 bits per heavy atom. The Morgan fingerprint density at radius 2 is 2.08 bits per heavy atom. The SMILES string of the molecule is CCOC(=O)CC1=Cc2ccccc2C1C1=C2CC=C(F)C=C2CC1. The number of esters is 1. The van der Waals surface area contributed by atoms with E-state index < -0.39 is 0 Å². The average Bonchev–Trinajstić information content (AvgIpc) is 3.14. The lowest BCUT2D eigenvalue weighted by molar-refractivity contribution is -0.142. The normalized spacial score (nSPS) is 21.4. The Kier molecular flexibility index (Phi) is 4.16. The van der Waals surface area contributed by atoms with Crippen LogP contribution in [0, 0.1) is 0 Å². The molecule has 4 rings (SSSR count). The molecule has 0 aromatic heterocycles. The minimum Gasteiger partial charge on any atom is -0.466 e. The molecule has 2 nitrogen and oxygen atoms in total. The maximum atomic E-state index is 13.6. The summed E-state index contributed by atoms with van der Waals surface area (Å²) in [6, 6.07) is 8.31. The molecule has 3 aliphatic rings. The summed E-state index contributed by atoms with van der Waals surface area (Å²) in [7, 11) is 0. The van der Waals surface area contributed by atoms with Crippen LogP contribution in [0.2, 0.25) is 0 Å². The number of rotatable bonds is 4. The molecule has 128 valence electrons. The summed E-state index contributed by atoms with van der Waals surface area (Å²) >= 11 is 0. The molecule has 1 aromatic carbocycles. The number of fused-ring (bicyclic) bond motifs is 2. The smallest absolute Gasteiger partial charge is 0.309 e. The van der Waals surface area contributed by atoms with E-state index in [2.05, 4.69) is 18.2 Å². The zero-order valence-electron chi connectivity index (χ0n) is 14.3. The van der Waals surface area contributed by atoms with Crippen molar-refractivity contribution in [1.29, 1.82) is 0 Å². The van der Waals surface area contributed by atoms with Crippen molar-refractivity contribution in [2.45, 2.75) is 38.5 Å². The number of hydrogen-bond donors (Lipinski definition) is 0. The summed E-state index contributed by atoms with van der Waals surface area (Å²) < 4.78 is 18.8. The lowest BCUT2D eigenvalue weighted by Crippen LogP contribution is -2.10. The van der Waals surface area contributed by atoms with E-state index in [-0.39, 0.29) is 17.7 Å². The minimum atomic E-state index is -0.180. The number of carbonyl (C=O) groups is 1. The fraction of sp³-hybridized carbons (Fsp3) is 0.318. The largest absolute Gasteiger partial charge is 0.466 e. The Balaban J connectivity index is 1.73. The number of halogens is 1. The summed E-state index contributed by atoms with van der Waals surface area (Å²) in [4.78, 5) is 12.1. The van der Waals surface area contributed by atoms with Crippen LogP contribution in [0.4, 0.5) is 4.39 Å². The van der Waals surface area contributed by atoms with E-state index in [1.165, 1.54) is 22.3 Å². The Labute approximate surface area is 147 Å². The molecule has 3 heteroatoms. The molecule has 0 bridgehead atoms. The van der Waals surface area contributed by atoms with Gasteiger partial charge in [0.1, 0.15) is 5.83 Å². The van der Waals surface area contributed by atoms with Crippen molar-refractivity contribution in [3.8, 4) is 0 Å². The molecule has 0 aliphatic heterocycles. The molecule has 0 heterocycles. The first-order valence-corrected chi connectivity index (χ1v) is 8.91. The lowest BCUT2D eigenvalue weighted by Gasteiger charge is -2.21. The molecule has 0 amide bonds. The van der Waals surface area contributed by atoms with Gasteiger partial charge in [-0.3, -0.25) is 4.79 Å². The van der Waals surface area contributed by atoms with Crippen LogP contribution in [-0.4, -0.2) is 12.6 Å². The topological polar surface area (TPSA) is 26.3 Å². The van der Waals surface area contributed by atoms with Crippen LogP contribution in [0.25, 0.3) is 6.08 Å². The van der Waals surface area contributed by atoms with Crippen molar-refractivity contribution in [2.24, 2.45) is 0 Å². The van der Waals surface area contributed by atoms with Crippen molar-refractivity contribution in [1.82, 2.24) is 0 Å². The van der Waals surface area contributed by atoms with Gasteiger partial charge in [0.15, 0.2) is 0 Å². The maximum absolute atomic E-state index is 13.6.